The van der Waals surface area contributed by atoms with Crippen LogP contribution in [-0.2, 0) is 4.79 Å². The average molecular weight is 182 g/mol. The Hall–Kier alpha value is -0.370. The number of carbonyl (C=O) groups is 1. The van der Waals surface area contributed by atoms with Crippen molar-refractivity contribution in [3.8, 4) is 0 Å². The monoisotopic (exact) mass is 182 g/mol. The first kappa shape index (κ1) is 9.20. The van der Waals surface area contributed by atoms with Crippen molar-refractivity contribution in [2.45, 2.75) is 51.6 Å². The molecule has 13 heavy (non-hydrogen) atoms. The Morgan fingerprint density at radius 3 is 2.85 bits per heavy atom. The van der Waals surface area contributed by atoms with Gasteiger partial charge in [0.25, 0.3) is 0 Å². The molecule has 0 saturated heterocycles. The normalized spacial score (nSPS) is 45.8. The fourth-order valence-electron chi connectivity index (χ4n) is 3.01. The second kappa shape index (κ2) is 3.09. The zero-order valence-electron chi connectivity index (χ0n) is 8.25. The predicted octanol–water partition coefficient (Wildman–Crippen LogP) is 1.91. The van der Waals surface area contributed by atoms with Crippen LogP contribution in [0.2, 0.25) is 0 Å². The van der Waals surface area contributed by atoms with Crippen LogP contribution in [0.4, 0.5) is 0 Å². The zero-order valence-corrected chi connectivity index (χ0v) is 8.25. The summed E-state index contributed by atoms with van der Waals surface area (Å²) in [4.78, 5) is 11.6. The first-order valence-corrected chi connectivity index (χ1v) is 5.35. The van der Waals surface area contributed by atoms with Gasteiger partial charge in [0, 0.05) is 17.8 Å². The van der Waals surface area contributed by atoms with Gasteiger partial charge in [-0.25, -0.2) is 0 Å². The van der Waals surface area contributed by atoms with Gasteiger partial charge in [0.2, 0.25) is 0 Å². The molecule has 2 fully saturated rings. The molecule has 0 heterocycles. The molecule has 0 amide bonds. The van der Waals surface area contributed by atoms with E-state index in [9.17, 15) is 9.90 Å². The number of ketones is 1. The van der Waals surface area contributed by atoms with Gasteiger partial charge in [-0.3, -0.25) is 4.79 Å². The molecule has 0 aliphatic heterocycles. The number of Topliss-reactive ketones (excluding diaryl/α,β-unsaturated/α-hetero) is 1. The van der Waals surface area contributed by atoms with Crippen molar-refractivity contribution in [1.29, 1.82) is 0 Å². The van der Waals surface area contributed by atoms with E-state index in [4.69, 9.17) is 0 Å². The Morgan fingerprint density at radius 2 is 2.08 bits per heavy atom. The molecule has 2 nitrogen and oxygen atoms in total. The lowest BCUT2D eigenvalue weighted by Gasteiger charge is -2.33. The van der Waals surface area contributed by atoms with Crippen molar-refractivity contribution in [2.75, 3.05) is 0 Å². The van der Waals surface area contributed by atoms with Crippen LogP contribution in [0.3, 0.4) is 0 Å². The van der Waals surface area contributed by atoms with Crippen molar-refractivity contribution in [2.24, 2.45) is 11.3 Å². The number of aliphatic hydroxyl groups excluding tert-OH is 1. The van der Waals surface area contributed by atoms with E-state index in [1.54, 1.807) is 0 Å². The molecule has 0 aromatic rings. The third kappa shape index (κ3) is 1.32. The number of hydrogen-bond acceptors (Lipinski definition) is 2. The van der Waals surface area contributed by atoms with Crippen molar-refractivity contribution < 1.29 is 9.90 Å². The van der Waals surface area contributed by atoms with Crippen LogP contribution in [-0.4, -0.2) is 17.0 Å². The fraction of sp³-hybridized carbons (Fsp3) is 0.909. The van der Waals surface area contributed by atoms with Crippen LogP contribution in [0.15, 0.2) is 0 Å². The molecule has 74 valence electrons. The molecule has 3 atom stereocenters. The lowest BCUT2D eigenvalue weighted by molar-refractivity contribution is -0.123. The summed E-state index contributed by atoms with van der Waals surface area (Å²) in [5, 5.41) is 9.98. The van der Waals surface area contributed by atoms with Crippen LogP contribution in [0.25, 0.3) is 0 Å². The SMILES string of the molecule is C[C@]12CCC(=O)[C@@H]1CCCC[C@H]2O. The van der Waals surface area contributed by atoms with Gasteiger partial charge >= 0.3 is 0 Å². The van der Waals surface area contributed by atoms with E-state index in [1.165, 1.54) is 0 Å². The van der Waals surface area contributed by atoms with E-state index in [-0.39, 0.29) is 17.4 Å². The van der Waals surface area contributed by atoms with Crippen molar-refractivity contribution in [3.63, 3.8) is 0 Å². The third-order valence-electron chi connectivity index (χ3n) is 4.08. The maximum Gasteiger partial charge on any atom is 0.136 e. The third-order valence-corrected chi connectivity index (χ3v) is 4.08. The van der Waals surface area contributed by atoms with Gasteiger partial charge in [-0.1, -0.05) is 19.8 Å². The second-order valence-electron chi connectivity index (χ2n) is 4.82. The number of fused-ring (bicyclic) bond motifs is 1. The average Bonchev–Trinajstić information content (AvgIpc) is 2.30. The molecule has 0 aromatic carbocycles. The fourth-order valence-corrected chi connectivity index (χ4v) is 3.01. The van der Waals surface area contributed by atoms with Crippen molar-refractivity contribution in [1.82, 2.24) is 0 Å². The van der Waals surface area contributed by atoms with Crippen LogP contribution < -0.4 is 0 Å². The lowest BCUT2D eigenvalue weighted by atomic mass is 9.74. The van der Waals surface area contributed by atoms with E-state index in [2.05, 4.69) is 6.92 Å². The van der Waals surface area contributed by atoms with Gasteiger partial charge < -0.3 is 5.11 Å². The predicted molar refractivity (Wildman–Crippen MR) is 50.3 cm³/mol. The highest BCUT2D eigenvalue weighted by molar-refractivity contribution is 5.84. The van der Waals surface area contributed by atoms with Crippen LogP contribution in [0.5, 0.6) is 0 Å². The Morgan fingerprint density at radius 1 is 1.38 bits per heavy atom. The molecule has 0 aromatic heterocycles. The molecular weight excluding hydrogens is 164 g/mol. The van der Waals surface area contributed by atoms with Crippen molar-refractivity contribution in [3.05, 3.63) is 0 Å². The highest BCUT2D eigenvalue weighted by atomic mass is 16.3. The lowest BCUT2D eigenvalue weighted by Crippen LogP contribution is -2.35. The summed E-state index contributed by atoms with van der Waals surface area (Å²) in [5.74, 6) is 0.549. The van der Waals surface area contributed by atoms with E-state index in [0.29, 0.717) is 12.2 Å². The van der Waals surface area contributed by atoms with Gasteiger partial charge in [-0.15, -0.1) is 0 Å². The van der Waals surface area contributed by atoms with E-state index in [1.807, 2.05) is 0 Å². The highest BCUT2D eigenvalue weighted by Gasteiger charge is 2.49. The molecule has 2 aliphatic carbocycles. The molecule has 0 bridgehead atoms. The van der Waals surface area contributed by atoms with Gasteiger partial charge in [0.15, 0.2) is 0 Å². The first-order chi connectivity index (χ1) is 6.14. The minimum Gasteiger partial charge on any atom is -0.393 e. The molecule has 0 spiro atoms. The Balaban J connectivity index is 2.26. The number of rotatable bonds is 0. The largest absolute Gasteiger partial charge is 0.393 e. The molecule has 0 unspecified atom stereocenters. The minimum absolute atomic E-state index is 0.0897. The highest BCUT2D eigenvalue weighted by Crippen LogP contribution is 2.48. The zero-order chi connectivity index (χ0) is 9.47. The maximum absolute atomic E-state index is 11.6. The summed E-state index contributed by atoms with van der Waals surface area (Å²) >= 11 is 0. The second-order valence-corrected chi connectivity index (χ2v) is 4.82. The molecule has 1 N–H and O–H groups in total. The number of carbonyl (C=O) groups excluding carboxylic acids is 1. The minimum atomic E-state index is -0.244. The van der Waals surface area contributed by atoms with E-state index in [0.717, 1.165) is 32.1 Å². The molecule has 2 rings (SSSR count). The topological polar surface area (TPSA) is 37.3 Å². The van der Waals surface area contributed by atoms with Crippen LogP contribution in [0.1, 0.15) is 45.4 Å². The summed E-state index contributed by atoms with van der Waals surface area (Å²) in [7, 11) is 0. The van der Waals surface area contributed by atoms with E-state index >= 15 is 0 Å². The summed E-state index contributed by atoms with van der Waals surface area (Å²) < 4.78 is 0. The summed E-state index contributed by atoms with van der Waals surface area (Å²) in [6.45, 7) is 2.10. The van der Waals surface area contributed by atoms with Crippen LogP contribution >= 0.6 is 0 Å². The van der Waals surface area contributed by atoms with Gasteiger partial charge in [0.05, 0.1) is 6.10 Å². The Kier molecular flexibility index (Phi) is 2.18. The molecule has 2 heteroatoms. The molecule has 2 aliphatic rings. The smallest absolute Gasteiger partial charge is 0.136 e. The first-order valence-electron chi connectivity index (χ1n) is 5.35. The quantitative estimate of drug-likeness (QED) is 0.621. The summed E-state index contributed by atoms with van der Waals surface area (Å²) in [6, 6.07) is 0. The van der Waals surface area contributed by atoms with E-state index < -0.39 is 0 Å². The number of hydrogen-bond donors (Lipinski definition) is 1. The standard InChI is InChI=1S/C11H18O2/c1-11-7-6-9(12)8(11)4-2-3-5-10(11)13/h8,10,13H,2-7H2,1H3/t8-,10+,11-/m0/s1. The Bertz CT molecular complexity index is 224. The molecule has 2 saturated carbocycles. The number of aliphatic hydroxyl groups is 1. The van der Waals surface area contributed by atoms with Crippen molar-refractivity contribution >= 4 is 5.78 Å². The van der Waals surface area contributed by atoms with Gasteiger partial charge in [0.1, 0.15) is 5.78 Å². The van der Waals surface area contributed by atoms with Crippen LogP contribution in [0, 0.1) is 11.3 Å². The molecular formula is C11H18O2. The summed E-state index contributed by atoms with van der Waals surface area (Å²) in [6.07, 6.45) is 5.44. The molecule has 0 radical (unpaired) electrons. The Labute approximate surface area is 79.3 Å². The summed E-state index contributed by atoms with van der Waals surface area (Å²) in [5.41, 5.74) is -0.0897. The van der Waals surface area contributed by atoms with Gasteiger partial charge in [-0.2, -0.15) is 0 Å². The van der Waals surface area contributed by atoms with Gasteiger partial charge in [-0.05, 0) is 19.3 Å². The maximum atomic E-state index is 11.6.